The lowest BCUT2D eigenvalue weighted by molar-refractivity contribution is 0.626. The summed E-state index contributed by atoms with van der Waals surface area (Å²) in [4.78, 5) is 1.24. The summed E-state index contributed by atoms with van der Waals surface area (Å²) in [5, 5.41) is 1.75. The number of benzene rings is 3. The molecule has 3 aromatic carbocycles. The van der Waals surface area contributed by atoms with E-state index in [0.717, 1.165) is 27.5 Å². The van der Waals surface area contributed by atoms with Crippen molar-refractivity contribution in [3.8, 4) is 0 Å². The van der Waals surface area contributed by atoms with Crippen molar-refractivity contribution in [1.82, 2.24) is 0 Å². The van der Waals surface area contributed by atoms with Crippen molar-refractivity contribution in [3.05, 3.63) is 84.0 Å². The molecular weight excluding hydrogens is 307 g/mol. The highest BCUT2D eigenvalue weighted by Gasteiger charge is 2.09. The summed E-state index contributed by atoms with van der Waals surface area (Å²) >= 11 is 1.73. The normalized spacial score (nSPS) is 11.4. The van der Waals surface area contributed by atoms with Crippen LogP contribution in [0.5, 0.6) is 0 Å². The van der Waals surface area contributed by atoms with Gasteiger partial charge in [0, 0.05) is 22.1 Å². The topological polar surface area (TPSA) is 13.1 Å². The molecule has 1 heterocycles. The van der Waals surface area contributed by atoms with E-state index >= 15 is 0 Å². The summed E-state index contributed by atoms with van der Waals surface area (Å²) < 4.78 is 19.3. The number of fused-ring (bicyclic) bond motifs is 3. The van der Waals surface area contributed by atoms with Crippen LogP contribution in [-0.2, 0) is 0 Å². The highest BCUT2D eigenvalue weighted by Crippen LogP contribution is 2.31. The molecule has 4 rings (SSSR count). The van der Waals surface area contributed by atoms with Gasteiger partial charge in [-0.05, 0) is 59.8 Å². The number of halogens is 1. The van der Waals surface area contributed by atoms with E-state index in [0.29, 0.717) is 5.58 Å². The Morgan fingerprint density at radius 2 is 1.48 bits per heavy atom. The van der Waals surface area contributed by atoms with Crippen LogP contribution in [0.1, 0.15) is 11.1 Å². The van der Waals surface area contributed by atoms with Gasteiger partial charge in [-0.1, -0.05) is 18.2 Å². The van der Waals surface area contributed by atoms with Crippen molar-refractivity contribution in [1.29, 1.82) is 0 Å². The third-order valence-corrected chi connectivity index (χ3v) is 4.65. The molecule has 0 atom stereocenters. The van der Waals surface area contributed by atoms with Gasteiger partial charge in [0.2, 0.25) is 0 Å². The largest absolute Gasteiger partial charge is 0.456 e. The summed E-state index contributed by atoms with van der Waals surface area (Å²) in [7, 11) is 0. The quantitative estimate of drug-likeness (QED) is 0.426. The molecule has 113 valence electrons. The molecule has 1 nitrogen and oxygen atoms in total. The molecule has 0 aliphatic heterocycles. The fourth-order valence-electron chi connectivity index (χ4n) is 2.75. The van der Waals surface area contributed by atoms with Crippen molar-refractivity contribution >= 4 is 33.7 Å². The summed E-state index contributed by atoms with van der Waals surface area (Å²) in [5.41, 5.74) is 3.70. The molecule has 0 saturated carbocycles. The fraction of sp³-hybridized carbons (Fsp3) is 0.0500. The molecule has 0 fully saturated rings. The Hall–Kier alpha value is -2.26. The second-order valence-corrected chi connectivity index (χ2v) is 6.30. The lowest BCUT2D eigenvalue weighted by Gasteiger charge is -2.03. The smallest absolute Gasteiger partial charge is 0.135 e. The first-order valence-electron chi connectivity index (χ1n) is 7.33. The molecule has 0 spiro atoms. The monoisotopic (exact) mass is 321 g/mol. The zero-order chi connectivity index (χ0) is 15.8. The number of hydrogen-bond acceptors (Lipinski definition) is 2. The Balaban J connectivity index is 1.75. The van der Waals surface area contributed by atoms with Gasteiger partial charge in [-0.2, -0.15) is 0 Å². The molecule has 0 bridgehead atoms. The fourth-order valence-corrected chi connectivity index (χ4v) is 3.16. The van der Waals surface area contributed by atoms with Gasteiger partial charge in [-0.25, -0.2) is 4.39 Å². The molecule has 0 saturated heterocycles. The van der Waals surface area contributed by atoms with Gasteiger partial charge >= 0.3 is 0 Å². The van der Waals surface area contributed by atoms with Gasteiger partial charge in [0.15, 0.2) is 0 Å². The Morgan fingerprint density at radius 1 is 0.826 bits per heavy atom. The Labute approximate surface area is 138 Å². The Morgan fingerprint density at radius 3 is 2.22 bits per heavy atom. The average molecular weight is 321 g/mol. The van der Waals surface area contributed by atoms with Gasteiger partial charge in [-0.15, -0.1) is 11.8 Å². The maximum atomic E-state index is 13.5. The molecule has 3 heteroatoms. The van der Waals surface area contributed by atoms with Crippen molar-refractivity contribution in [2.45, 2.75) is 4.90 Å². The van der Waals surface area contributed by atoms with E-state index < -0.39 is 0 Å². The van der Waals surface area contributed by atoms with Gasteiger partial charge in [0.1, 0.15) is 17.0 Å². The van der Waals surface area contributed by atoms with Crippen LogP contribution >= 0.6 is 11.8 Å². The van der Waals surface area contributed by atoms with Crippen LogP contribution in [0.25, 0.3) is 21.9 Å². The van der Waals surface area contributed by atoms with E-state index in [1.807, 2.05) is 18.2 Å². The summed E-state index contributed by atoms with van der Waals surface area (Å²) in [6.07, 6.45) is 4.18. The Kier molecular flexibility index (Phi) is 3.58. The minimum atomic E-state index is -0.248. The first-order chi connectivity index (χ1) is 11.2. The van der Waals surface area contributed by atoms with E-state index in [9.17, 15) is 4.39 Å². The molecule has 23 heavy (non-hydrogen) atoms. The zero-order valence-corrected chi connectivity index (χ0v) is 13.4. The van der Waals surface area contributed by atoms with Gasteiger partial charge in [0.05, 0.1) is 0 Å². The Bertz CT molecular complexity index is 986. The highest BCUT2D eigenvalue weighted by molar-refractivity contribution is 7.98. The minimum absolute atomic E-state index is 0.248. The molecule has 0 unspecified atom stereocenters. The molecule has 4 aromatic rings. The van der Waals surface area contributed by atoms with Crippen molar-refractivity contribution in [2.75, 3.05) is 6.26 Å². The van der Waals surface area contributed by atoms with Gasteiger partial charge in [-0.3, -0.25) is 0 Å². The van der Waals surface area contributed by atoms with E-state index in [1.165, 1.54) is 17.0 Å². The molecular formula is C20H14FOS. The number of furan rings is 1. The summed E-state index contributed by atoms with van der Waals surface area (Å²) in [6.45, 7) is 0. The van der Waals surface area contributed by atoms with Crippen molar-refractivity contribution in [3.63, 3.8) is 0 Å². The molecule has 1 aromatic heterocycles. The van der Waals surface area contributed by atoms with Crippen molar-refractivity contribution < 1.29 is 8.81 Å². The second kappa shape index (κ2) is 5.74. The van der Waals surface area contributed by atoms with E-state index in [-0.39, 0.29) is 5.82 Å². The van der Waals surface area contributed by atoms with Crippen LogP contribution in [0.15, 0.2) is 70.0 Å². The van der Waals surface area contributed by atoms with E-state index in [4.69, 9.17) is 4.42 Å². The molecule has 0 aliphatic carbocycles. The predicted octanol–water partition coefficient (Wildman–Crippen LogP) is 6.05. The number of thioether (sulfide) groups is 1. The first-order valence-corrected chi connectivity index (χ1v) is 8.56. The zero-order valence-electron chi connectivity index (χ0n) is 12.5. The number of rotatable bonds is 3. The van der Waals surface area contributed by atoms with Crippen LogP contribution in [0.2, 0.25) is 0 Å². The van der Waals surface area contributed by atoms with Crippen LogP contribution in [0.3, 0.4) is 0 Å². The van der Waals surface area contributed by atoms with E-state index in [2.05, 4.69) is 36.9 Å². The summed E-state index contributed by atoms with van der Waals surface area (Å²) in [6, 6.07) is 19.0. The lowest BCUT2D eigenvalue weighted by Crippen LogP contribution is -1.85. The maximum Gasteiger partial charge on any atom is 0.135 e. The van der Waals surface area contributed by atoms with Crippen LogP contribution in [0, 0.1) is 12.2 Å². The van der Waals surface area contributed by atoms with E-state index in [1.54, 1.807) is 17.8 Å². The second-order valence-electron chi connectivity index (χ2n) is 5.42. The van der Waals surface area contributed by atoms with Crippen LogP contribution in [-0.4, -0.2) is 6.26 Å². The molecule has 0 amide bonds. The third-order valence-electron chi connectivity index (χ3n) is 3.90. The van der Waals surface area contributed by atoms with Crippen LogP contribution in [0.4, 0.5) is 4.39 Å². The van der Waals surface area contributed by atoms with Gasteiger partial charge in [0.25, 0.3) is 0 Å². The average Bonchev–Trinajstić information content (AvgIpc) is 2.93. The highest BCUT2D eigenvalue weighted by atomic mass is 32.2. The maximum absolute atomic E-state index is 13.5. The standard InChI is InChI=1S/C20H14FOS/c1-23-16-6-2-13(3-7-16)10-14-4-8-19-17(11-14)18-12-15(21)5-9-20(18)22-19/h2-12H,1H3. The molecule has 1 radical (unpaired) electrons. The predicted molar refractivity (Wildman–Crippen MR) is 94.4 cm³/mol. The summed E-state index contributed by atoms with van der Waals surface area (Å²) in [5.74, 6) is -0.248. The minimum Gasteiger partial charge on any atom is -0.456 e. The first kappa shape index (κ1) is 14.3. The molecule has 0 aliphatic rings. The lowest BCUT2D eigenvalue weighted by atomic mass is 10.0. The van der Waals surface area contributed by atoms with Gasteiger partial charge < -0.3 is 4.42 Å². The van der Waals surface area contributed by atoms with Crippen LogP contribution < -0.4 is 0 Å². The SMILES string of the molecule is CSc1ccc([CH]c2ccc3oc4ccc(F)cc4c3c2)cc1. The molecule has 0 N–H and O–H groups in total. The third kappa shape index (κ3) is 2.73. The van der Waals surface area contributed by atoms with Crippen molar-refractivity contribution in [2.24, 2.45) is 0 Å². The number of hydrogen-bond donors (Lipinski definition) is 0.